The Balaban J connectivity index is 1.65. The van der Waals surface area contributed by atoms with Gasteiger partial charge in [-0.2, -0.15) is 0 Å². The lowest BCUT2D eigenvalue weighted by atomic mass is 10.1. The van der Waals surface area contributed by atoms with Crippen LogP contribution in [0.5, 0.6) is 0 Å². The zero-order valence-corrected chi connectivity index (χ0v) is 15.4. The first-order valence-corrected chi connectivity index (χ1v) is 9.04. The number of fused-ring (bicyclic) bond motifs is 1. The molecule has 0 aliphatic rings. The van der Waals surface area contributed by atoms with Gasteiger partial charge in [-0.3, -0.25) is 4.79 Å². The normalized spacial score (nSPS) is 11.1. The van der Waals surface area contributed by atoms with Crippen LogP contribution in [0.1, 0.15) is 15.6 Å². The molecule has 136 valence electrons. The Morgan fingerprint density at radius 3 is 2.67 bits per heavy atom. The second kappa shape index (κ2) is 6.75. The van der Waals surface area contributed by atoms with E-state index in [2.05, 4.69) is 10.3 Å². The van der Waals surface area contributed by atoms with Crippen LogP contribution in [-0.4, -0.2) is 10.9 Å². The molecule has 0 aliphatic heterocycles. The number of para-hydroxylation sites is 1. The maximum absolute atomic E-state index is 13.7. The molecule has 27 heavy (non-hydrogen) atoms. The highest BCUT2D eigenvalue weighted by molar-refractivity contribution is 7.17. The molecule has 0 atom stereocenters. The van der Waals surface area contributed by atoms with Gasteiger partial charge < -0.3 is 9.73 Å². The van der Waals surface area contributed by atoms with E-state index in [1.165, 1.54) is 6.07 Å². The fourth-order valence-corrected chi connectivity index (χ4v) is 3.90. The molecule has 0 fully saturated rings. The number of thiophene rings is 1. The zero-order chi connectivity index (χ0) is 19.1. The van der Waals surface area contributed by atoms with Gasteiger partial charge in [0, 0.05) is 17.4 Å². The smallest absolute Gasteiger partial charge is 0.265 e. The number of nitrogens with one attached hydrogen (secondary N) is 1. The van der Waals surface area contributed by atoms with E-state index in [1.54, 1.807) is 31.2 Å². The topological polar surface area (TPSA) is 55.1 Å². The van der Waals surface area contributed by atoms with Gasteiger partial charge in [0.25, 0.3) is 5.91 Å². The minimum absolute atomic E-state index is 0.289. The molecular formula is C19H11ClF2N2O2S. The quantitative estimate of drug-likeness (QED) is 0.452. The molecule has 0 saturated heterocycles. The number of hydrogen-bond acceptors (Lipinski definition) is 4. The SMILES string of the molecule is Cc1nc2cc(Cl)c(-c3ccc(C(=O)Nc4c(F)cccc4F)s3)cc2o1. The molecule has 2 aromatic heterocycles. The summed E-state index contributed by atoms with van der Waals surface area (Å²) in [6.45, 7) is 1.74. The Labute approximate surface area is 161 Å². The van der Waals surface area contributed by atoms with Gasteiger partial charge in [0.05, 0.1) is 9.90 Å². The third kappa shape index (κ3) is 3.31. The van der Waals surface area contributed by atoms with Crippen LogP contribution in [0, 0.1) is 18.6 Å². The average molecular weight is 405 g/mol. The van der Waals surface area contributed by atoms with E-state index in [4.69, 9.17) is 16.0 Å². The van der Waals surface area contributed by atoms with Crippen molar-refractivity contribution >= 4 is 45.6 Å². The van der Waals surface area contributed by atoms with Gasteiger partial charge in [0.1, 0.15) is 22.8 Å². The van der Waals surface area contributed by atoms with Gasteiger partial charge >= 0.3 is 0 Å². The summed E-state index contributed by atoms with van der Waals surface area (Å²) in [5.41, 5.74) is 1.43. The predicted octanol–water partition coefficient (Wildman–Crippen LogP) is 6.05. The molecule has 1 amide bonds. The molecule has 8 heteroatoms. The Morgan fingerprint density at radius 2 is 1.93 bits per heavy atom. The summed E-state index contributed by atoms with van der Waals surface area (Å²) in [7, 11) is 0. The van der Waals surface area contributed by atoms with Gasteiger partial charge in [0.2, 0.25) is 0 Å². The van der Waals surface area contributed by atoms with Gasteiger partial charge in [-0.15, -0.1) is 11.3 Å². The Hall–Kier alpha value is -2.77. The average Bonchev–Trinajstić information content (AvgIpc) is 3.23. The van der Waals surface area contributed by atoms with E-state index in [-0.39, 0.29) is 4.88 Å². The van der Waals surface area contributed by atoms with Crippen LogP contribution in [-0.2, 0) is 0 Å². The molecule has 4 rings (SSSR count). The molecule has 2 heterocycles. The number of oxazole rings is 1. The number of carbonyl (C=O) groups excluding carboxylic acids is 1. The Bertz CT molecular complexity index is 1170. The monoisotopic (exact) mass is 404 g/mol. The van der Waals surface area contributed by atoms with E-state index in [0.29, 0.717) is 27.6 Å². The maximum atomic E-state index is 13.7. The first-order chi connectivity index (χ1) is 12.9. The number of aromatic nitrogens is 1. The molecule has 0 spiro atoms. The summed E-state index contributed by atoms with van der Waals surface area (Å²) in [5, 5.41) is 2.73. The summed E-state index contributed by atoms with van der Waals surface area (Å²) >= 11 is 7.48. The van der Waals surface area contributed by atoms with Gasteiger partial charge in [-0.1, -0.05) is 17.7 Å². The lowest BCUT2D eigenvalue weighted by Crippen LogP contribution is -2.12. The van der Waals surface area contributed by atoms with Gasteiger partial charge in [0.15, 0.2) is 11.5 Å². The molecule has 4 nitrogen and oxygen atoms in total. The van der Waals surface area contributed by atoms with Crippen molar-refractivity contribution in [2.24, 2.45) is 0 Å². The van der Waals surface area contributed by atoms with Crippen molar-refractivity contribution in [1.29, 1.82) is 0 Å². The van der Waals surface area contributed by atoms with Crippen molar-refractivity contribution in [2.75, 3.05) is 5.32 Å². The van der Waals surface area contributed by atoms with Gasteiger partial charge in [-0.25, -0.2) is 13.8 Å². The van der Waals surface area contributed by atoms with Gasteiger partial charge in [-0.05, 0) is 36.4 Å². The lowest BCUT2D eigenvalue weighted by molar-refractivity contribution is 0.102. The largest absolute Gasteiger partial charge is 0.441 e. The summed E-state index contributed by atoms with van der Waals surface area (Å²) < 4.78 is 32.9. The molecule has 4 aromatic rings. The van der Waals surface area contributed by atoms with Crippen LogP contribution >= 0.6 is 22.9 Å². The lowest BCUT2D eigenvalue weighted by Gasteiger charge is -2.06. The number of halogens is 3. The zero-order valence-electron chi connectivity index (χ0n) is 13.8. The summed E-state index contributed by atoms with van der Waals surface area (Å²) in [6, 6.07) is 10.1. The van der Waals surface area contributed by atoms with Crippen molar-refractivity contribution in [2.45, 2.75) is 6.92 Å². The van der Waals surface area contributed by atoms with Crippen molar-refractivity contribution in [3.8, 4) is 10.4 Å². The van der Waals surface area contributed by atoms with Crippen molar-refractivity contribution < 1.29 is 18.0 Å². The van der Waals surface area contributed by atoms with E-state index in [1.807, 2.05) is 0 Å². The number of aryl methyl sites for hydroxylation is 1. The number of carbonyl (C=O) groups is 1. The molecule has 0 radical (unpaired) electrons. The maximum Gasteiger partial charge on any atom is 0.265 e. The summed E-state index contributed by atoms with van der Waals surface area (Å²) in [6.07, 6.45) is 0. The number of rotatable bonds is 3. The first-order valence-electron chi connectivity index (χ1n) is 7.84. The number of nitrogens with zero attached hydrogens (tertiary/aromatic N) is 1. The van der Waals surface area contributed by atoms with Crippen molar-refractivity contribution in [3.63, 3.8) is 0 Å². The minimum atomic E-state index is -0.839. The van der Waals surface area contributed by atoms with Crippen LogP contribution in [0.15, 0.2) is 46.9 Å². The van der Waals surface area contributed by atoms with E-state index < -0.39 is 23.2 Å². The number of benzene rings is 2. The second-order valence-corrected chi connectivity index (χ2v) is 7.24. The fourth-order valence-electron chi connectivity index (χ4n) is 2.65. The van der Waals surface area contributed by atoms with Crippen LogP contribution in [0.2, 0.25) is 5.02 Å². The van der Waals surface area contributed by atoms with Crippen molar-refractivity contribution in [1.82, 2.24) is 4.98 Å². The van der Waals surface area contributed by atoms with E-state index in [9.17, 15) is 13.6 Å². The minimum Gasteiger partial charge on any atom is -0.441 e. The molecule has 2 aromatic carbocycles. The second-order valence-electron chi connectivity index (χ2n) is 5.75. The van der Waals surface area contributed by atoms with Crippen LogP contribution in [0.3, 0.4) is 0 Å². The van der Waals surface area contributed by atoms with Crippen LogP contribution in [0.25, 0.3) is 21.5 Å². The first kappa shape index (κ1) is 17.6. The predicted molar refractivity (Wildman–Crippen MR) is 101 cm³/mol. The molecule has 1 N–H and O–H groups in total. The number of anilines is 1. The molecule has 0 aliphatic carbocycles. The third-order valence-electron chi connectivity index (χ3n) is 3.88. The van der Waals surface area contributed by atoms with Crippen LogP contribution in [0.4, 0.5) is 14.5 Å². The summed E-state index contributed by atoms with van der Waals surface area (Å²) in [5.74, 6) is -1.76. The molecule has 0 saturated carbocycles. The molecule has 0 unspecified atom stereocenters. The standard InChI is InChI=1S/C19H11ClF2N2O2S/c1-9-23-14-8-11(20)10(7-15(14)26-9)16-5-6-17(27-16)19(25)24-18-12(21)3-2-4-13(18)22/h2-8H,1H3,(H,24,25). The fraction of sp³-hybridized carbons (Fsp3) is 0.0526. The molecular weight excluding hydrogens is 394 g/mol. The van der Waals surface area contributed by atoms with E-state index in [0.717, 1.165) is 28.3 Å². The highest BCUT2D eigenvalue weighted by Gasteiger charge is 2.17. The number of hydrogen-bond donors (Lipinski definition) is 1. The van der Waals surface area contributed by atoms with Crippen molar-refractivity contribution in [3.05, 3.63) is 69.9 Å². The Kier molecular flexibility index (Phi) is 4.41. The summed E-state index contributed by atoms with van der Waals surface area (Å²) in [4.78, 5) is 17.6. The number of amides is 1. The molecule has 0 bridgehead atoms. The Morgan fingerprint density at radius 1 is 1.19 bits per heavy atom. The van der Waals surface area contributed by atoms with E-state index >= 15 is 0 Å². The third-order valence-corrected chi connectivity index (χ3v) is 5.31. The highest BCUT2D eigenvalue weighted by atomic mass is 35.5. The van der Waals surface area contributed by atoms with Crippen LogP contribution < -0.4 is 5.32 Å². The highest BCUT2D eigenvalue weighted by Crippen LogP contribution is 2.36.